The Labute approximate surface area is 202 Å². The molecule has 4 unspecified atom stereocenters. The van der Waals surface area contributed by atoms with E-state index in [2.05, 4.69) is 77.1 Å². The van der Waals surface area contributed by atoms with Crippen LogP contribution in [0.25, 0.3) is 20.8 Å². The molecule has 4 atom stereocenters. The van der Waals surface area contributed by atoms with Gasteiger partial charge < -0.3 is 9.47 Å². The fourth-order valence-electron chi connectivity index (χ4n) is 6.10. The molecule has 0 N–H and O–H groups in total. The van der Waals surface area contributed by atoms with Crippen molar-refractivity contribution in [2.75, 3.05) is 0 Å². The van der Waals surface area contributed by atoms with Gasteiger partial charge in [-0.2, -0.15) is 0 Å². The van der Waals surface area contributed by atoms with Gasteiger partial charge in [0.15, 0.2) is 6.29 Å². The van der Waals surface area contributed by atoms with Crippen LogP contribution in [0.4, 0.5) is 0 Å². The van der Waals surface area contributed by atoms with E-state index >= 15 is 0 Å². The van der Waals surface area contributed by atoms with Crippen molar-refractivity contribution in [2.45, 2.75) is 90.6 Å². The first-order chi connectivity index (χ1) is 16.0. The number of rotatable bonds is 7. The first-order valence-corrected chi connectivity index (χ1v) is 13.6. The molecule has 0 spiro atoms. The van der Waals surface area contributed by atoms with Crippen LogP contribution in [0.2, 0.25) is 0 Å². The lowest BCUT2D eigenvalue weighted by Crippen LogP contribution is -2.55. The molecule has 176 valence electrons. The minimum absolute atomic E-state index is 0.182. The van der Waals surface area contributed by atoms with E-state index in [9.17, 15) is 0 Å². The van der Waals surface area contributed by atoms with Crippen molar-refractivity contribution in [1.82, 2.24) is 4.98 Å². The summed E-state index contributed by atoms with van der Waals surface area (Å²) in [7, 11) is 0. The standard InChI is InChI=1S/C29H37NO2S/c1-6-8-11-22-19(4)31-28(32-20(22)5)29(18(3)7-2)17-21-14-15-23(24(29)16-21)27-30-25-12-9-10-13-26(25)33-27/h9-10,12-16,18-20,22,28H,6-8,11,17H2,1-5H3. The lowest BCUT2D eigenvalue weighted by molar-refractivity contribution is -0.292. The van der Waals surface area contributed by atoms with Gasteiger partial charge in [-0.25, -0.2) is 4.98 Å². The molecular weight excluding hydrogens is 426 g/mol. The summed E-state index contributed by atoms with van der Waals surface area (Å²) in [6.45, 7) is 11.5. The Bertz CT molecular complexity index is 1080. The number of para-hydroxylation sites is 1. The van der Waals surface area contributed by atoms with Crippen LogP contribution >= 0.6 is 11.3 Å². The number of fused-ring (bicyclic) bond motifs is 3. The zero-order valence-electron chi connectivity index (χ0n) is 20.6. The molecular formula is C29H37NO2S. The number of benzene rings is 2. The third-order valence-electron chi connectivity index (χ3n) is 8.29. The molecule has 0 saturated carbocycles. The van der Waals surface area contributed by atoms with Gasteiger partial charge in [-0.05, 0) is 55.9 Å². The maximum Gasteiger partial charge on any atom is 0.168 e. The van der Waals surface area contributed by atoms with Crippen molar-refractivity contribution >= 4 is 21.6 Å². The van der Waals surface area contributed by atoms with Gasteiger partial charge in [-0.1, -0.05) is 70.4 Å². The summed E-state index contributed by atoms with van der Waals surface area (Å²) in [5.74, 6) is 0.894. The fourth-order valence-corrected chi connectivity index (χ4v) is 7.10. The Morgan fingerprint density at radius 2 is 1.85 bits per heavy atom. The van der Waals surface area contributed by atoms with Crippen LogP contribution in [0.15, 0.2) is 42.5 Å². The van der Waals surface area contributed by atoms with Crippen molar-refractivity contribution in [1.29, 1.82) is 0 Å². The normalized spacial score (nSPS) is 30.1. The highest BCUT2D eigenvalue weighted by Crippen LogP contribution is 2.53. The topological polar surface area (TPSA) is 31.4 Å². The van der Waals surface area contributed by atoms with E-state index in [0.29, 0.717) is 11.8 Å². The van der Waals surface area contributed by atoms with Crippen LogP contribution in [-0.4, -0.2) is 23.5 Å². The van der Waals surface area contributed by atoms with Crippen LogP contribution in [0.5, 0.6) is 0 Å². The van der Waals surface area contributed by atoms with Gasteiger partial charge in [0.25, 0.3) is 0 Å². The van der Waals surface area contributed by atoms with Gasteiger partial charge >= 0.3 is 0 Å². The number of ether oxygens (including phenoxy) is 2. The number of hydrogen-bond donors (Lipinski definition) is 0. The minimum Gasteiger partial charge on any atom is -0.348 e. The van der Waals surface area contributed by atoms with Crippen LogP contribution in [0, 0.1) is 11.8 Å². The van der Waals surface area contributed by atoms with E-state index in [-0.39, 0.29) is 23.9 Å². The molecule has 1 aliphatic carbocycles. The van der Waals surface area contributed by atoms with E-state index in [1.807, 2.05) is 0 Å². The van der Waals surface area contributed by atoms with Crippen molar-refractivity contribution < 1.29 is 9.47 Å². The lowest BCUT2D eigenvalue weighted by Gasteiger charge is -2.49. The second-order valence-electron chi connectivity index (χ2n) is 10.2. The van der Waals surface area contributed by atoms with E-state index in [0.717, 1.165) is 23.4 Å². The molecule has 0 radical (unpaired) electrons. The molecule has 2 aromatic carbocycles. The molecule has 33 heavy (non-hydrogen) atoms. The molecule has 5 rings (SSSR count). The van der Waals surface area contributed by atoms with Gasteiger partial charge in [0.2, 0.25) is 0 Å². The second-order valence-corrected chi connectivity index (χ2v) is 11.2. The van der Waals surface area contributed by atoms with Crippen molar-refractivity contribution in [3.63, 3.8) is 0 Å². The highest BCUT2D eigenvalue weighted by atomic mass is 32.1. The Morgan fingerprint density at radius 1 is 1.09 bits per heavy atom. The average molecular weight is 464 g/mol. The summed E-state index contributed by atoms with van der Waals surface area (Å²) in [6, 6.07) is 15.4. The van der Waals surface area contributed by atoms with Crippen molar-refractivity contribution in [3.8, 4) is 10.6 Å². The molecule has 4 heteroatoms. The highest BCUT2D eigenvalue weighted by Gasteiger charge is 2.53. The fraction of sp³-hybridized carbons (Fsp3) is 0.552. The third-order valence-corrected chi connectivity index (χ3v) is 9.36. The van der Waals surface area contributed by atoms with Crippen LogP contribution in [-0.2, 0) is 21.3 Å². The largest absolute Gasteiger partial charge is 0.348 e. The van der Waals surface area contributed by atoms with Crippen LogP contribution < -0.4 is 0 Å². The lowest BCUT2D eigenvalue weighted by atomic mass is 9.68. The summed E-state index contributed by atoms with van der Waals surface area (Å²) < 4.78 is 14.8. The number of thiazole rings is 1. The molecule has 1 fully saturated rings. The second kappa shape index (κ2) is 9.13. The predicted molar refractivity (Wildman–Crippen MR) is 138 cm³/mol. The number of unbranched alkanes of at least 4 members (excludes halogenated alkanes) is 1. The molecule has 3 nitrogen and oxygen atoms in total. The van der Waals surface area contributed by atoms with Gasteiger partial charge in [0.1, 0.15) is 5.01 Å². The van der Waals surface area contributed by atoms with E-state index < -0.39 is 0 Å². The van der Waals surface area contributed by atoms with Gasteiger partial charge in [-0.15, -0.1) is 11.3 Å². The SMILES string of the molecule is CCCCC1C(C)OC(C2(C(C)CC)Cc3ccc(-c4nc5ccccc5s4)c2c3)OC1C. The quantitative estimate of drug-likeness (QED) is 0.359. The smallest absolute Gasteiger partial charge is 0.168 e. The maximum absolute atomic E-state index is 6.79. The minimum atomic E-state index is -0.233. The molecule has 1 saturated heterocycles. The number of hydrogen-bond acceptors (Lipinski definition) is 4. The summed E-state index contributed by atoms with van der Waals surface area (Å²) in [4.78, 5) is 5.02. The highest BCUT2D eigenvalue weighted by molar-refractivity contribution is 7.21. The Kier molecular flexibility index (Phi) is 6.37. The molecule has 0 amide bonds. The number of nitrogens with zero attached hydrogens (tertiary/aromatic N) is 1. The van der Waals surface area contributed by atoms with Crippen LogP contribution in [0.3, 0.4) is 0 Å². The van der Waals surface area contributed by atoms with Gasteiger partial charge in [0, 0.05) is 11.5 Å². The summed E-state index contributed by atoms with van der Waals surface area (Å²) >= 11 is 1.79. The maximum atomic E-state index is 6.79. The monoisotopic (exact) mass is 463 g/mol. The Hall–Kier alpha value is -1.75. The van der Waals surface area contributed by atoms with Gasteiger partial charge in [-0.3, -0.25) is 0 Å². The number of aromatic nitrogens is 1. The zero-order valence-corrected chi connectivity index (χ0v) is 21.5. The van der Waals surface area contributed by atoms with Crippen molar-refractivity contribution in [2.24, 2.45) is 11.8 Å². The summed E-state index contributed by atoms with van der Waals surface area (Å²) in [5, 5.41) is 1.10. The average Bonchev–Trinajstić information content (AvgIpc) is 3.38. The van der Waals surface area contributed by atoms with E-state index in [1.54, 1.807) is 11.3 Å². The molecule has 2 bridgehead atoms. The summed E-state index contributed by atoms with van der Waals surface area (Å²) in [5.41, 5.74) is 4.89. The predicted octanol–water partition coefficient (Wildman–Crippen LogP) is 7.76. The molecule has 2 aliphatic rings. The van der Waals surface area contributed by atoms with E-state index in [4.69, 9.17) is 14.5 Å². The van der Waals surface area contributed by atoms with Crippen LogP contribution in [0.1, 0.15) is 71.4 Å². The molecule has 2 heterocycles. The molecule has 3 aromatic rings. The van der Waals surface area contributed by atoms with Gasteiger partial charge in [0.05, 0.1) is 27.8 Å². The molecule has 1 aromatic heterocycles. The van der Waals surface area contributed by atoms with E-state index in [1.165, 1.54) is 40.7 Å². The Balaban J connectivity index is 1.56. The first kappa shape index (κ1) is 23.0. The Morgan fingerprint density at radius 3 is 2.55 bits per heavy atom. The zero-order chi connectivity index (χ0) is 23.2. The first-order valence-electron chi connectivity index (χ1n) is 12.8. The summed E-state index contributed by atoms with van der Waals surface area (Å²) in [6.07, 6.45) is 5.86. The molecule has 1 aliphatic heterocycles. The van der Waals surface area contributed by atoms with Crippen molar-refractivity contribution in [3.05, 3.63) is 53.6 Å². The third kappa shape index (κ3) is 3.84.